The van der Waals surface area contributed by atoms with Crippen molar-refractivity contribution in [3.8, 4) is 6.07 Å². The van der Waals surface area contributed by atoms with Crippen LogP contribution in [0.2, 0.25) is 10.0 Å². The summed E-state index contributed by atoms with van der Waals surface area (Å²) in [7, 11) is 0. The fourth-order valence-electron chi connectivity index (χ4n) is 2.00. The number of nitriles is 1. The molecule has 2 aromatic heterocycles. The Hall–Kier alpha value is -2.01. The molecule has 0 aliphatic heterocycles. The smallest absolute Gasteiger partial charge is 0.285 e. The first-order valence-electron chi connectivity index (χ1n) is 6.49. The topological polar surface area (TPSA) is 86.8 Å². The monoisotopic (exact) mass is 365 g/mol. The zero-order valence-corrected chi connectivity index (χ0v) is 14.1. The summed E-state index contributed by atoms with van der Waals surface area (Å²) in [5.74, 6) is 0. The molecular weight excluding hydrogens is 357 g/mol. The SMILES string of the molecule is CC(Sc1nc2c(C#N)cnn2c(=O)[nH]1)c1ccc(Cl)c(Cl)c1. The van der Waals surface area contributed by atoms with Crippen LogP contribution in [0.5, 0.6) is 0 Å². The minimum atomic E-state index is -0.444. The zero-order valence-electron chi connectivity index (χ0n) is 11.7. The van der Waals surface area contributed by atoms with Crippen molar-refractivity contribution in [3.63, 3.8) is 0 Å². The van der Waals surface area contributed by atoms with Crippen LogP contribution >= 0.6 is 35.0 Å². The van der Waals surface area contributed by atoms with Crippen LogP contribution in [0.1, 0.15) is 23.3 Å². The van der Waals surface area contributed by atoms with Crippen molar-refractivity contribution in [1.29, 1.82) is 5.26 Å². The summed E-state index contributed by atoms with van der Waals surface area (Å²) >= 11 is 13.3. The van der Waals surface area contributed by atoms with E-state index in [9.17, 15) is 4.79 Å². The molecule has 0 spiro atoms. The number of aromatic nitrogens is 4. The highest BCUT2D eigenvalue weighted by atomic mass is 35.5. The molecule has 0 saturated carbocycles. The second kappa shape index (κ2) is 6.24. The Morgan fingerprint density at radius 1 is 1.39 bits per heavy atom. The van der Waals surface area contributed by atoms with Gasteiger partial charge in [-0.25, -0.2) is 9.78 Å². The number of hydrogen-bond acceptors (Lipinski definition) is 5. The number of rotatable bonds is 3. The summed E-state index contributed by atoms with van der Waals surface area (Å²) in [5.41, 5.74) is 0.988. The Labute approximate surface area is 145 Å². The normalized spacial score (nSPS) is 12.3. The van der Waals surface area contributed by atoms with Crippen LogP contribution in [0.4, 0.5) is 0 Å². The molecule has 23 heavy (non-hydrogen) atoms. The summed E-state index contributed by atoms with van der Waals surface area (Å²) < 4.78 is 1.06. The highest BCUT2D eigenvalue weighted by molar-refractivity contribution is 7.99. The molecule has 1 unspecified atom stereocenters. The van der Waals surface area contributed by atoms with Gasteiger partial charge in [-0.05, 0) is 24.6 Å². The Morgan fingerprint density at radius 2 is 2.17 bits per heavy atom. The molecule has 0 radical (unpaired) electrons. The molecule has 3 rings (SSSR count). The maximum absolute atomic E-state index is 12.0. The molecule has 0 aliphatic carbocycles. The molecule has 0 amide bonds. The summed E-state index contributed by atoms with van der Waals surface area (Å²) in [5, 5.41) is 14.2. The maximum Gasteiger partial charge on any atom is 0.350 e. The van der Waals surface area contributed by atoms with Crippen LogP contribution in [-0.2, 0) is 0 Å². The standard InChI is InChI=1S/C14H9Cl2N5OS/c1-7(8-2-3-10(15)11(16)4-8)23-13-19-12-9(5-17)6-18-21(12)14(22)20-13/h2-4,6-7H,1H3,(H,19,20,22). The first kappa shape index (κ1) is 15.9. The fraction of sp³-hybridized carbons (Fsp3) is 0.143. The fourth-order valence-corrected chi connectivity index (χ4v) is 3.21. The second-order valence-electron chi connectivity index (χ2n) is 4.69. The van der Waals surface area contributed by atoms with Gasteiger partial charge in [0.1, 0.15) is 11.6 Å². The average molecular weight is 366 g/mol. The molecule has 2 heterocycles. The van der Waals surface area contributed by atoms with Crippen molar-refractivity contribution < 1.29 is 0 Å². The molecule has 1 N–H and O–H groups in total. The number of aromatic amines is 1. The summed E-state index contributed by atoms with van der Waals surface area (Å²) in [4.78, 5) is 18.9. The Bertz CT molecular complexity index is 991. The molecule has 3 aromatic rings. The van der Waals surface area contributed by atoms with Gasteiger partial charge < -0.3 is 0 Å². The maximum atomic E-state index is 12.0. The molecule has 0 fully saturated rings. The first-order valence-corrected chi connectivity index (χ1v) is 8.13. The van der Waals surface area contributed by atoms with E-state index in [1.165, 1.54) is 18.0 Å². The number of hydrogen-bond donors (Lipinski definition) is 1. The van der Waals surface area contributed by atoms with Crippen molar-refractivity contribution in [2.75, 3.05) is 0 Å². The van der Waals surface area contributed by atoms with Crippen LogP contribution < -0.4 is 5.69 Å². The van der Waals surface area contributed by atoms with Crippen LogP contribution in [0.25, 0.3) is 5.65 Å². The van der Waals surface area contributed by atoms with Crippen LogP contribution in [-0.4, -0.2) is 19.6 Å². The van der Waals surface area contributed by atoms with Crippen LogP contribution in [0.15, 0.2) is 34.3 Å². The van der Waals surface area contributed by atoms with Crippen molar-refractivity contribution in [2.24, 2.45) is 0 Å². The van der Waals surface area contributed by atoms with E-state index < -0.39 is 5.69 Å². The van der Waals surface area contributed by atoms with E-state index in [4.69, 9.17) is 28.5 Å². The summed E-state index contributed by atoms with van der Waals surface area (Å²) in [6.07, 6.45) is 1.31. The zero-order chi connectivity index (χ0) is 16.6. The molecular formula is C14H9Cl2N5OS. The van der Waals surface area contributed by atoms with Crippen molar-refractivity contribution in [3.05, 3.63) is 56.1 Å². The van der Waals surface area contributed by atoms with E-state index in [1.54, 1.807) is 12.1 Å². The minimum Gasteiger partial charge on any atom is -0.285 e. The summed E-state index contributed by atoms with van der Waals surface area (Å²) in [6, 6.07) is 7.32. The van der Waals surface area contributed by atoms with Crippen molar-refractivity contribution in [1.82, 2.24) is 19.6 Å². The third-order valence-electron chi connectivity index (χ3n) is 3.18. The lowest BCUT2D eigenvalue weighted by atomic mass is 10.2. The molecule has 6 nitrogen and oxygen atoms in total. The van der Waals surface area contributed by atoms with Gasteiger partial charge in [-0.2, -0.15) is 14.9 Å². The molecule has 0 bridgehead atoms. The van der Waals surface area contributed by atoms with Crippen molar-refractivity contribution in [2.45, 2.75) is 17.3 Å². The van der Waals surface area contributed by atoms with Gasteiger partial charge in [0.15, 0.2) is 10.8 Å². The molecule has 1 aromatic carbocycles. The molecule has 0 aliphatic rings. The Morgan fingerprint density at radius 3 is 2.87 bits per heavy atom. The molecule has 9 heteroatoms. The van der Waals surface area contributed by atoms with E-state index in [-0.39, 0.29) is 16.5 Å². The highest BCUT2D eigenvalue weighted by Gasteiger charge is 2.14. The molecule has 0 saturated heterocycles. The summed E-state index contributed by atoms with van der Waals surface area (Å²) in [6.45, 7) is 1.95. The van der Waals surface area contributed by atoms with Gasteiger partial charge in [-0.1, -0.05) is 41.0 Å². The van der Waals surface area contributed by atoms with E-state index in [2.05, 4.69) is 15.1 Å². The van der Waals surface area contributed by atoms with E-state index in [1.807, 2.05) is 19.1 Å². The minimum absolute atomic E-state index is 0.0242. The highest BCUT2D eigenvalue weighted by Crippen LogP contribution is 2.35. The third-order valence-corrected chi connectivity index (χ3v) is 4.96. The number of benzene rings is 1. The number of halogens is 2. The Kier molecular flexibility index (Phi) is 4.31. The van der Waals surface area contributed by atoms with Gasteiger partial charge >= 0.3 is 5.69 Å². The van der Waals surface area contributed by atoms with E-state index in [0.29, 0.717) is 15.2 Å². The predicted octanol–water partition coefficient (Wildman–Crippen LogP) is 3.45. The number of nitrogens with zero attached hydrogens (tertiary/aromatic N) is 4. The van der Waals surface area contributed by atoms with Crippen LogP contribution in [0.3, 0.4) is 0 Å². The third kappa shape index (κ3) is 3.06. The van der Waals surface area contributed by atoms with Gasteiger partial charge in [0.05, 0.1) is 16.2 Å². The lowest BCUT2D eigenvalue weighted by molar-refractivity contribution is 0.784. The number of nitrogens with one attached hydrogen (secondary N) is 1. The average Bonchev–Trinajstić information content (AvgIpc) is 2.93. The van der Waals surface area contributed by atoms with Gasteiger partial charge in [0.25, 0.3) is 0 Å². The number of thioether (sulfide) groups is 1. The van der Waals surface area contributed by atoms with Gasteiger partial charge in [-0.15, -0.1) is 0 Å². The molecule has 116 valence electrons. The molecule has 1 atom stereocenters. The lowest BCUT2D eigenvalue weighted by Gasteiger charge is -2.11. The van der Waals surface area contributed by atoms with E-state index >= 15 is 0 Å². The predicted molar refractivity (Wildman–Crippen MR) is 89.1 cm³/mol. The van der Waals surface area contributed by atoms with Gasteiger partial charge in [0, 0.05) is 5.25 Å². The second-order valence-corrected chi connectivity index (χ2v) is 6.83. The Balaban J connectivity index is 1.96. The van der Waals surface area contributed by atoms with Gasteiger partial charge in [-0.3, -0.25) is 4.98 Å². The number of H-pyrrole nitrogens is 1. The lowest BCUT2D eigenvalue weighted by Crippen LogP contribution is -2.19. The van der Waals surface area contributed by atoms with Crippen molar-refractivity contribution >= 4 is 40.6 Å². The number of fused-ring (bicyclic) bond motifs is 1. The largest absolute Gasteiger partial charge is 0.350 e. The van der Waals surface area contributed by atoms with Crippen LogP contribution in [0, 0.1) is 11.3 Å². The van der Waals surface area contributed by atoms with Gasteiger partial charge in [0.2, 0.25) is 0 Å². The van der Waals surface area contributed by atoms with E-state index in [0.717, 1.165) is 10.1 Å². The quantitative estimate of drug-likeness (QED) is 0.718. The first-order chi connectivity index (χ1) is 11.0.